The normalized spacial score (nSPS) is 13.9. The van der Waals surface area contributed by atoms with Gasteiger partial charge in [-0.2, -0.15) is 0 Å². The lowest BCUT2D eigenvalue weighted by molar-refractivity contribution is -0.347. The number of rotatable bonds is 48. The average molecular weight is 1020 g/mol. The minimum Gasteiger partial charge on any atom is -0.448 e. The third-order valence-corrected chi connectivity index (χ3v) is 15.6. The van der Waals surface area contributed by atoms with Gasteiger partial charge < -0.3 is 5.84 Å². The first kappa shape index (κ1) is 65.6. The Kier molecular flexibility index (Phi) is 39.7. The molecule has 2 aromatic rings. The lowest BCUT2D eigenvalue weighted by Gasteiger charge is -2.11. The lowest BCUT2D eigenvalue weighted by atomic mass is 9.90. The van der Waals surface area contributed by atoms with Crippen molar-refractivity contribution in [3.05, 3.63) is 117 Å². The molecule has 0 radical (unpaired) electrons. The van der Waals surface area contributed by atoms with Crippen LogP contribution in [0.4, 0.5) is 0 Å². The summed E-state index contributed by atoms with van der Waals surface area (Å²) >= 11 is 0. The standard InChI is InChI=1S/C73H118N2/c1-7-13-19-23-27-31-35-39-43-48-52-64-58-65(53-49-44-40-36-32-28-24-20-14-8-2)61-68(60-64)72-70(56-18-12-6)71(57-47-17-11-5)73(75(72)74)69-62-66(54-50-45-41-37-33-29-25-21-15-9-3)59-67(63-69)55-51-46-42-38-34-30-26-22-16-10-4/h48-55,57-63,74H,7-47,56H2,1-6H3. The third-order valence-electron chi connectivity index (χ3n) is 15.6. The van der Waals surface area contributed by atoms with Crippen LogP contribution in [0, 0.1) is 0 Å². The van der Waals surface area contributed by atoms with Crippen molar-refractivity contribution in [3.63, 3.8) is 0 Å². The van der Waals surface area contributed by atoms with Gasteiger partial charge in [-0.05, 0) is 129 Å². The molecular weight excluding hydrogens is 905 g/mol. The zero-order valence-electron chi connectivity index (χ0n) is 50.3. The largest absolute Gasteiger partial charge is 0.448 e. The Morgan fingerprint density at radius 3 is 0.933 bits per heavy atom. The maximum absolute atomic E-state index is 10.3. The highest BCUT2D eigenvalue weighted by Gasteiger charge is 2.35. The smallest absolute Gasteiger partial charge is 0.215 e. The molecule has 1 N–H and O–H groups in total. The van der Waals surface area contributed by atoms with Crippen molar-refractivity contribution >= 4 is 35.7 Å². The van der Waals surface area contributed by atoms with E-state index in [0.29, 0.717) is 0 Å². The molecule has 3 rings (SSSR count). The maximum atomic E-state index is 10.3. The zero-order chi connectivity index (χ0) is 53.7. The number of allylic oxidation sites excluding steroid dienone is 7. The predicted octanol–water partition coefficient (Wildman–Crippen LogP) is 25.4. The van der Waals surface area contributed by atoms with Gasteiger partial charge in [-0.25, -0.2) is 4.68 Å². The minimum absolute atomic E-state index is 0.981. The molecule has 1 heterocycles. The number of unbranched alkanes of at least 4 members (excludes halogenated alkanes) is 35. The van der Waals surface area contributed by atoms with Crippen LogP contribution in [-0.4, -0.2) is 10.4 Å². The number of nitrogens with zero attached hydrogens (tertiary/aromatic N) is 1. The van der Waals surface area contributed by atoms with Crippen molar-refractivity contribution in [2.45, 2.75) is 311 Å². The highest BCUT2D eigenvalue weighted by Crippen LogP contribution is 2.39. The second-order valence-electron chi connectivity index (χ2n) is 22.8. The summed E-state index contributed by atoms with van der Waals surface area (Å²) in [5.41, 5.74) is 12.2. The molecule has 75 heavy (non-hydrogen) atoms. The Morgan fingerprint density at radius 2 is 0.613 bits per heavy atom. The summed E-state index contributed by atoms with van der Waals surface area (Å²) in [6.45, 7) is 13.9. The highest BCUT2D eigenvalue weighted by molar-refractivity contribution is 6.16. The Morgan fingerprint density at radius 1 is 0.320 bits per heavy atom. The number of nitrogens with one attached hydrogen (secondary N) is 1. The van der Waals surface area contributed by atoms with E-state index in [0.717, 1.165) is 69.2 Å². The van der Waals surface area contributed by atoms with E-state index in [9.17, 15) is 5.84 Å². The Labute approximate surface area is 466 Å². The maximum Gasteiger partial charge on any atom is 0.215 e. The van der Waals surface area contributed by atoms with Gasteiger partial charge in [0.25, 0.3) is 0 Å². The van der Waals surface area contributed by atoms with Crippen molar-refractivity contribution < 1.29 is 4.68 Å². The highest BCUT2D eigenvalue weighted by atomic mass is 15.3. The van der Waals surface area contributed by atoms with Crippen molar-refractivity contribution in [2.75, 3.05) is 0 Å². The molecule has 2 heteroatoms. The number of hydrogen-bond acceptors (Lipinski definition) is 0. The van der Waals surface area contributed by atoms with Crippen LogP contribution in [0.25, 0.3) is 35.8 Å². The van der Waals surface area contributed by atoms with Crippen LogP contribution in [0.5, 0.6) is 0 Å². The molecule has 0 aliphatic carbocycles. The third kappa shape index (κ3) is 29.6. The quantitative estimate of drug-likeness (QED) is 0.0467. The van der Waals surface area contributed by atoms with E-state index in [-0.39, 0.29) is 0 Å². The SMILES string of the molecule is CCCCC=C1C(CCCC)=C(c2cc(C=CCCCCCCCCCC)cc(C=CCCCCCCCCCC)c2)[N+]([NH-])=C1c1cc(C=CCCCCCCCCCC)cc(C=CCCCCCCCCCC)c1. The number of benzene rings is 2. The molecule has 1 aliphatic rings. The summed E-state index contributed by atoms with van der Waals surface area (Å²) in [5, 5.41) is 0. The van der Waals surface area contributed by atoms with Gasteiger partial charge in [0.1, 0.15) is 0 Å². The van der Waals surface area contributed by atoms with Gasteiger partial charge in [-0.3, -0.25) is 0 Å². The second kappa shape index (κ2) is 45.4. The van der Waals surface area contributed by atoms with E-state index in [1.807, 2.05) is 4.68 Å². The van der Waals surface area contributed by atoms with Crippen LogP contribution >= 0.6 is 0 Å². The van der Waals surface area contributed by atoms with Crippen molar-refractivity contribution in [1.29, 1.82) is 0 Å². The van der Waals surface area contributed by atoms with Gasteiger partial charge in [0.2, 0.25) is 11.4 Å². The molecule has 0 aromatic heterocycles. The van der Waals surface area contributed by atoms with Crippen molar-refractivity contribution in [1.82, 2.24) is 0 Å². The van der Waals surface area contributed by atoms with Crippen LogP contribution in [0.2, 0.25) is 0 Å². The van der Waals surface area contributed by atoms with Crippen LogP contribution < -0.4 is 0 Å². The molecule has 1 aliphatic heterocycles. The fourth-order valence-corrected chi connectivity index (χ4v) is 11.0. The molecule has 0 spiro atoms. The van der Waals surface area contributed by atoms with Gasteiger partial charge in [0.05, 0.1) is 5.57 Å². The number of hydrogen-bond donors (Lipinski definition) is 0. The first-order valence-corrected chi connectivity index (χ1v) is 32.8. The van der Waals surface area contributed by atoms with E-state index in [1.165, 1.54) is 256 Å². The molecule has 2 nitrogen and oxygen atoms in total. The Hall–Kier alpha value is -3.65. The van der Waals surface area contributed by atoms with Crippen LogP contribution in [0.3, 0.4) is 0 Å². The van der Waals surface area contributed by atoms with E-state index in [1.54, 1.807) is 0 Å². The first-order chi connectivity index (χ1) is 37.0. The van der Waals surface area contributed by atoms with E-state index in [4.69, 9.17) is 0 Å². The topological polar surface area (TPSA) is 26.8 Å². The lowest BCUT2D eigenvalue weighted by Crippen LogP contribution is -2.12. The van der Waals surface area contributed by atoms with Gasteiger partial charge in [-0.1, -0.05) is 295 Å². The van der Waals surface area contributed by atoms with Crippen molar-refractivity contribution in [2.24, 2.45) is 0 Å². The van der Waals surface area contributed by atoms with Crippen LogP contribution in [-0.2, 0) is 0 Å². The molecule has 0 unspecified atom stereocenters. The van der Waals surface area contributed by atoms with Crippen molar-refractivity contribution in [3.8, 4) is 0 Å². The molecule has 0 bridgehead atoms. The second-order valence-corrected chi connectivity index (χ2v) is 22.8. The van der Waals surface area contributed by atoms with E-state index >= 15 is 0 Å². The Balaban J connectivity index is 2.06. The minimum atomic E-state index is 0.981. The summed E-state index contributed by atoms with van der Waals surface area (Å²) in [4.78, 5) is 0. The predicted molar refractivity (Wildman–Crippen MR) is 341 cm³/mol. The molecule has 0 fully saturated rings. The molecule has 420 valence electrons. The first-order valence-electron chi connectivity index (χ1n) is 32.8. The zero-order valence-corrected chi connectivity index (χ0v) is 50.3. The Bertz CT molecular complexity index is 1860. The van der Waals surface area contributed by atoms with Gasteiger partial charge >= 0.3 is 0 Å². The van der Waals surface area contributed by atoms with Gasteiger partial charge in [0, 0.05) is 16.7 Å². The van der Waals surface area contributed by atoms with E-state index < -0.39 is 0 Å². The average Bonchev–Trinajstić information content (AvgIpc) is 3.69. The molecule has 0 saturated heterocycles. The molecule has 0 atom stereocenters. The fourth-order valence-electron chi connectivity index (χ4n) is 11.0. The summed E-state index contributed by atoms with van der Waals surface area (Å²) < 4.78 is 1.87. The molecular formula is C73H118N2. The molecule has 0 amide bonds. The van der Waals surface area contributed by atoms with Gasteiger partial charge in [-0.15, -0.1) is 0 Å². The van der Waals surface area contributed by atoms with Crippen LogP contribution in [0.15, 0.2) is 77.9 Å². The monoisotopic (exact) mass is 1020 g/mol. The summed E-state index contributed by atoms with van der Waals surface area (Å²) in [6.07, 6.45) is 76.0. The van der Waals surface area contributed by atoms with E-state index in [2.05, 4.69) is 133 Å². The summed E-state index contributed by atoms with van der Waals surface area (Å²) in [7, 11) is 0. The summed E-state index contributed by atoms with van der Waals surface area (Å²) in [6, 6.07) is 14.4. The van der Waals surface area contributed by atoms with Crippen LogP contribution in [0.1, 0.15) is 345 Å². The summed E-state index contributed by atoms with van der Waals surface area (Å²) in [5.74, 6) is 10.3. The molecule has 2 aromatic carbocycles. The molecule has 0 saturated carbocycles. The fraction of sp³-hybridized carbons (Fsp3) is 0.658. The van der Waals surface area contributed by atoms with Gasteiger partial charge in [0.15, 0.2) is 0 Å².